The van der Waals surface area contributed by atoms with Gasteiger partial charge in [0.15, 0.2) is 5.82 Å². The first-order valence-corrected chi connectivity index (χ1v) is 11.9. The molecular weight excluding hydrogens is 422 g/mol. The molecule has 3 aromatic carbocycles. The number of aromatic hydroxyl groups is 1. The fraction of sp³-hybridized carbons (Fsp3) is 0.286. The van der Waals surface area contributed by atoms with Gasteiger partial charge in [0.05, 0.1) is 6.04 Å². The van der Waals surface area contributed by atoms with Gasteiger partial charge in [0.25, 0.3) is 0 Å². The maximum Gasteiger partial charge on any atom is 0.155 e. The van der Waals surface area contributed by atoms with Crippen LogP contribution in [0.2, 0.25) is 0 Å². The van der Waals surface area contributed by atoms with Crippen LogP contribution >= 0.6 is 0 Å². The average Bonchev–Trinajstić information content (AvgIpc) is 3.39. The van der Waals surface area contributed by atoms with E-state index < -0.39 is 0 Å². The van der Waals surface area contributed by atoms with Gasteiger partial charge in [-0.25, -0.2) is 4.98 Å². The molecule has 0 saturated carbocycles. The second-order valence-corrected chi connectivity index (χ2v) is 9.26. The Hall–Kier alpha value is -3.48. The summed E-state index contributed by atoms with van der Waals surface area (Å²) in [4.78, 5) is 9.42. The lowest BCUT2D eigenvalue weighted by atomic mass is 9.92. The van der Waals surface area contributed by atoms with Crippen molar-refractivity contribution in [1.29, 1.82) is 0 Å². The Morgan fingerprint density at radius 2 is 1.71 bits per heavy atom. The fourth-order valence-electron chi connectivity index (χ4n) is 5.06. The van der Waals surface area contributed by atoms with Gasteiger partial charge in [0.1, 0.15) is 12.1 Å². The molecule has 2 N–H and O–H groups in total. The van der Waals surface area contributed by atoms with Gasteiger partial charge < -0.3 is 5.11 Å². The van der Waals surface area contributed by atoms with E-state index in [1.165, 1.54) is 17.5 Å². The number of benzene rings is 3. The summed E-state index contributed by atoms with van der Waals surface area (Å²) in [6.07, 6.45) is 1.52. The summed E-state index contributed by atoms with van der Waals surface area (Å²) in [6.45, 7) is 7.51. The van der Waals surface area contributed by atoms with Crippen LogP contribution in [-0.2, 0) is 6.54 Å². The summed E-state index contributed by atoms with van der Waals surface area (Å²) in [7, 11) is 0. The monoisotopic (exact) mass is 453 g/mol. The first kappa shape index (κ1) is 22.3. The van der Waals surface area contributed by atoms with Gasteiger partial charge in [-0.05, 0) is 42.7 Å². The molecule has 1 saturated heterocycles. The molecule has 174 valence electrons. The van der Waals surface area contributed by atoms with Crippen molar-refractivity contribution in [3.63, 3.8) is 0 Å². The van der Waals surface area contributed by atoms with Crippen LogP contribution in [-0.4, -0.2) is 55.3 Å². The summed E-state index contributed by atoms with van der Waals surface area (Å²) in [5, 5.41) is 17.2. The van der Waals surface area contributed by atoms with Crippen molar-refractivity contribution in [2.24, 2.45) is 0 Å². The summed E-state index contributed by atoms with van der Waals surface area (Å²) in [5.41, 5.74) is 4.65. The van der Waals surface area contributed by atoms with E-state index in [0.717, 1.165) is 36.6 Å². The molecule has 4 aromatic rings. The van der Waals surface area contributed by atoms with Crippen LogP contribution in [0, 0.1) is 0 Å². The van der Waals surface area contributed by atoms with Crippen molar-refractivity contribution in [3.05, 3.63) is 102 Å². The van der Waals surface area contributed by atoms with E-state index in [4.69, 9.17) is 0 Å². The molecule has 0 unspecified atom stereocenters. The maximum atomic E-state index is 10.3. The van der Waals surface area contributed by atoms with Crippen molar-refractivity contribution < 1.29 is 5.11 Å². The standard InChI is InChI=1S/C28H31N5O/c1-20-17-33(21(2)16-32(20)18-22-7-4-3-5-8-22)27(25-9-6-10-26(34)15-25)23-11-13-24(14-12-23)28-29-19-30-31-28/h3-15,19-21,27,34H,16-18H2,1-2H3,(H,29,30,31)/t20-,21+,27-/m1/s1. The Labute approximate surface area is 200 Å². The van der Waals surface area contributed by atoms with Crippen molar-refractivity contribution in [3.8, 4) is 17.1 Å². The number of nitrogens with zero attached hydrogens (tertiary/aromatic N) is 4. The van der Waals surface area contributed by atoms with Gasteiger partial charge in [-0.2, -0.15) is 5.10 Å². The first-order chi connectivity index (χ1) is 16.6. The minimum absolute atomic E-state index is 0.0483. The van der Waals surface area contributed by atoms with Crippen molar-refractivity contribution >= 4 is 0 Å². The Balaban J connectivity index is 1.44. The zero-order valence-electron chi connectivity index (χ0n) is 19.7. The predicted molar refractivity (Wildman–Crippen MR) is 134 cm³/mol. The number of aromatic nitrogens is 3. The quantitative estimate of drug-likeness (QED) is 0.436. The molecule has 0 amide bonds. The van der Waals surface area contributed by atoms with Gasteiger partial charge >= 0.3 is 0 Å². The lowest BCUT2D eigenvalue weighted by Crippen LogP contribution is -2.56. The normalized spacial score (nSPS) is 20.3. The zero-order chi connectivity index (χ0) is 23.5. The molecule has 5 rings (SSSR count). The Morgan fingerprint density at radius 3 is 2.41 bits per heavy atom. The zero-order valence-corrected chi connectivity index (χ0v) is 19.7. The van der Waals surface area contributed by atoms with Gasteiger partial charge in [0, 0.05) is 37.3 Å². The van der Waals surface area contributed by atoms with E-state index in [-0.39, 0.29) is 6.04 Å². The third kappa shape index (κ3) is 4.74. The molecule has 2 heterocycles. The van der Waals surface area contributed by atoms with Crippen LogP contribution in [0.3, 0.4) is 0 Å². The molecule has 0 bridgehead atoms. The predicted octanol–water partition coefficient (Wildman–Crippen LogP) is 4.86. The molecule has 0 spiro atoms. The molecule has 6 nitrogen and oxygen atoms in total. The molecule has 3 atom stereocenters. The molecule has 0 radical (unpaired) electrons. The summed E-state index contributed by atoms with van der Waals surface area (Å²) in [6, 6.07) is 27.7. The minimum Gasteiger partial charge on any atom is -0.508 e. The highest BCUT2D eigenvalue weighted by atomic mass is 16.3. The van der Waals surface area contributed by atoms with Crippen LogP contribution in [0.5, 0.6) is 5.75 Å². The van der Waals surface area contributed by atoms with Crippen molar-refractivity contribution in [2.45, 2.75) is 38.5 Å². The van der Waals surface area contributed by atoms with Crippen LogP contribution in [0.4, 0.5) is 0 Å². The molecule has 6 heteroatoms. The van der Waals surface area contributed by atoms with E-state index in [1.54, 1.807) is 6.07 Å². The van der Waals surface area contributed by atoms with Gasteiger partial charge in [-0.15, -0.1) is 0 Å². The minimum atomic E-state index is 0.0483. The molecular formula is C28H31N5O. The lowest BCUT2D eigenvalue weighted by Gasteiger charge is -2.47. The van der Waals surface area contributed by atoms with Crippen molar-refractivity contribution in [1.82, 2.24) is 25.0 Å². The Bertz CT molecular complexity index is 1190. The number of phenolic OH excluding ortho intramolecular Hbond substituents is 1. The lowest BCUT2D eigenvalue weighted by molar-refractivity contribution is 0.0195. The van der Waals surface area contributed by atoms with Crippen LogP contribution in [0.1, 0.15) is 36.6 Å². The third-order valence-corrected chi connectivity index (χ3v) is 6.82. The number of hydrogen-bond acceptors (Lipinski definition) is 5. The number of aromatic amines is 1. The maximum absolute atomic E-state index is 10.3. The fourth-order valence-corrected chi connectivity index (χ4v) is 5.06. The SMILES string of the molecule is C[C@@H]1CN([C@H](c2ccc(-c3ncn[nH]3)cc2)c2cccc(O)c2)[C@@H](C)CN1Cc1ccccc1. The summed E-state index contributed by atoms with van der Waals surface area (Å²) < 4.78 is 0. The molecule has 1 aromatic heterocycles. The Kier molecular flexibility index (Phi) is 6.43. The van der Waals surface area contributed by atoms with Crippen LogP contribution < -0.4 is 0 Å². The number of nitrogens with one attached hydrogen (secondary N) is 1. The van der Waals surface area contributed by atoms with E-state index in [9.17, 15) is 5.11 Å². The second-order valence-electron chi connectivity index (χ2n) is 9.26. The highest BCUT2D eigenvalue weighted by molar-refractivity contribution is 5.55. The van der Waals surface area contributed by atoms with Gasteiger partial charge in [-0.3, -0.25) is 14.9 Å². The highest BCUT2D eigenvalue weighted by Crippen LogP contribution is 2.35. The first-order valence-electron chi connectivity index (χ1n) is 11.9. The number of hydrogen-bond donors (Lipinski definition) is 2. The highest BCUT2D eigenvalue weighted by Gasteiger charge is 2.34. The van der Waals surface area contributed by atoms with E-state index in [1.807, 2.05) is 12.1 Å². The number of rotatable bonds is 6. The van der Waals surface area contributed by atoms with E-state index in [2.05, 4.69) is 99.5 Å². The summed E-state index contributed by atoms with van der Waals surface area (Å²) in [5.74, 6) is 1.06. The number of phenols is 1. The van der Waals surface area contributed by atoms with Crippen LogP contribution in [0.25, 0.3) is 11.4 Å². The molecule has 1 aliphatic heterocycles. The largest absolute Gasteiger partial charge is 0.508 e. The van der Waals surface area contributed by atoms with Gasteiger partial charge in [0.2, 0.25) is 0 Å². The Morgan fingerprint density at radius 1 is 0.912 bits per heavy atom. The average molecular weight is 454 g/mol. The summed E-state index contributed by atoms with van der Waals surface area (Å²) >= 11 is 0. The number of H-pyrrole nitrogens is 1. The van der Waals surface area contributed by atoms with Gasteiger partial charge in [-0.1, -0.05) is 66.7 Å². The van der Waals surface area contributed by atoms with Crippen molar-refractivity contribution in [2.75, 3.05) is 13.1 Å². The second kappa shape index (κ2) is 9.79. The van der Waals surface area contributed by atoms with E-state index in [0.29, 0.717) is 17.8 Å². The number of piperazine rings is 1. The molecule has 34 heavy (non-hydrogen) atoms. The molecule has 0 aliphatic carbocycles. The smallest absolute Gasteiger partial charge is 0.155 e. The van der Waals surface area contributed by atoms with E-state index >= 15 is 0 Å². The third-order valence-electron chi connectivity index (χ3n) is 6.82. The molecule has 1 aliphatic rings. The molecule has 1 fully saturated rings. The topological polar surface area (TPSA) is 68.3 Å². The van der Waals surface area contributed by atoms with Crippen LogP contribution in [0.15, 0.2) is 85.2 Å².